The van der Waals surface area contributed by atoms with Gasteiger partial charge >= 0.3 is 17.9 Å². The Morgan fingerprint density at radius 2 is 0.532 bits per heavy atom. The Kier molecular flexibility index (Phi) is 50.2. The van der Waals surface area contributed by atoms with Crippen LogP contribution >= 0.6 is 0 Å². The fraction of sp³-hybridized carbons (Fsp3) is 0.911. The topological polar surface area (TPSA) is 78.9 Å². The van der Waals surface area contributed by atoms with Gasteiger partial charge in [-0.15, -0.1) is 0 Å². The highest BCUT2D eigenvalue weighted by Gasteiger charge is 2.19. The zero-order chi connectivity index (χ0) is 45.1. The van der Waals surface area contributed by atoms with Crippen molar-refractivity contribution < 1.29 is 28.6 Å². The molecule has 0 aromatic rings. The Labute approximate surface area is 386 Å². The van der Waals surface area contributed by atoms with Gasteiger partial charge in [-0.3, -0.25) is 14.4 Å². The number of ether oxygens (including phenoxy) is 3. The summed E-state index contributed by atoms with van der Waals surface area (Å²) in [5.74, 6) is -0.856. The van der Waals surface area contributed by atoms with Crippen LogP contribution in [0.5, 0.6) is 0 Å². The van der Waals surface area contributed by atoms with Crippen molar-refractivity contribution in [1.29, 1.82) is 0 Å². The van der Waals surface area contributed by atoms with Crippen LogP contribution < -0.4 is 0 Å². The van der Waals surface area contributed by atoms with E-state index in [2.05, 4.69) is 32.9 Å². The molecule has 0 radical (unpaired) electrons. The SMILES string of the molecule is CCCCC/C=C\CCCCCCCC(=O)OC[C@H](COC(=O)CCCCCCCCCCCCCCCCCCCCC)OC(=O)CCCCCCCCCCCCCCC. The lowest BCUT2D eigenvalue weighted by molar-refractivity contribution is -0.167. The van der Waals surface area contributed by atoms with E-state index in [4.69, 9.17) is 14.2 Å². The van der Waals surface area contributed by atoms with Crippen LogP contribution in [0.2, 0.25) is 0 Å². The van der Waals surface area contributed by atoms with Gasteiger partial charge in [0.2, 0.25) is 0 Å². The van der Waals surface area contributed by atoms with Gasteiger partial charge in [-0.25, -0.2) is 0 Å². The Morgan fingerprint density at radius 3 is 0.839 bits per heavy atom. The predicted octanol–water partition coefficient (Wildman–Crippen LogP) is 18.2. The first kappa shape index (κ1) is 60.2. The number of esters is 3. The van der Waals surface area contributed by atoms with Crippen molar-refractivity contribution in [2.75, 3.05) is 13.2 Å². The summed E-state index contributed by atoms with van der Waals surface area (Å²) in [4.78, 5) is 38.0. The second-order valence-corrected chi connectivity index (χ2v) is 18.9. The number of hydrogen-bond donors (Lipinski definition) is 0. The highest BCUT2D eigenvalue weighted by molar-refractivity contribution is 5.71. The zero-order valence-electron chi connectivity index (χ0n) is 41.9. The van der Waals surface area contributed by atoms with Gasteiger partial charge in [-0.05, 0) is 44.9 Å². The summed E-state index contributed by atoms with van der Waals surface area (Å²) in [5.41, 5.74) is 0. The minimum Gasteiger partial charge on any atom is -0.462 e. The fourth-order valence-corrected chi connectivity index (χ4v) is 8.32. The molecule has 0 aliphatic rings. The summed E-state index contributed by atoms with van der Waals surface area (Å²) in [6, 6.07) is 0. The normalized spacial score (nSPS) is 12.0. The van der Waals surface area contributed by atoms with Crippen molar-refractivity contribution in [2.24, 2.45) is 0 Å². The molecule has 0 aromatic carbocycles. The van der Waals surface area contributed by atoms with Crippen molar-refractivity contribution in [3.8, 4) is 0 Å². The van der Waals surface area contributed by atoms with E-state index in [-0.39, 0.29) is 31.1 Å². The fourth-order valence-electron chi connectivity index (χ4n) is 8.32. The number of hydrogen-bond acceptors (Lipinski definition) is 6. The van der Waals surface area contributed by atoms with Crippen molar-refractivity contribution in [1.82, 2.24) is 0 Å². The minimum atomic E-state index is -0.766. The molecule has 0 heterocycles. The summed E-state index contributed by atoms with van der Waals surface area (Å²) in [6.45, 7) is 6.65. The number of carbonyl (C=O) groups excluding carboxylic acids is 3. The average molecular weight is 875 g/mol. The van der Waals surface area contributed by atoms with Gasteiger partial charge in [0.05, 0.1) is 0 Å². The van der Waals surface area contributed by atoms with E-state index in [0.29, 0.717) is 19.3 Å². The molecule has 0 fully saturated rings. The molecule has 0 aliphatic heterocycles. The largest absolute Gasteiger partial charge is 0.462 e. The molecule has 0 saturated carbocycles. The molecule has 1 atom stereocenters. The lowest BCUT2D eigenvalue weighted by Gasteiger charge is -2.18. The first-order valence-electron chi connectivity index (χ1n) is 27.7. The maximum Gasteiger partial charge on any atom is 0.306 e. The van der Waals surface area contributed by atoms with Gasteiger partial charge in [-0.2, -0.15) is 0 Å². The molecule has 0 N–H and O–H groups in total. The highest BCUT2D eigenvalue weighted by atomic mass is 16.6. The molecule has 0 unspecified atom stereocenters. The van der Waals surface area contributed by atoms with Crippen LogP contribution in [0.1, 0.15) is 310 Å². The summed E-state index contributed by atoms with van der Waals surface area (Å²) in [6.07, 6.45) is 57.7. The number of allylic oxidation sites excluding steroid dienone is 2. The zero-order valence-corrected chi connectivity index (χ0v) is 41.9. The molecule has 0 spiro atoms. The van der Waals surface area contributed by atoms with Gasteiger partial charge in [-0.1, -0.05) is 258 Å². The number of rotatable bonds is 51. The maximum atomic E-state index is 12.8. The molecular weight excluding hydrogens is 769 g/mol. The van der Waals surface area contributed by atoms with Crippen LogP contribution in [0.25, 0.3) is 0 Å². The molecule has 0 bridgehead atoms. The Bertz CT molecular complexity index is 962. The molecule has 0 aliphatic carbocycles. The summed E-state index contributed by atoms with van der Waals surface area (Å²) in [7, 11) is 0. The predicted molar refractivity (Wildman–Crippen MR) is 266 cm³/mol. The molecular formula is C56H106O6. The third-order valence-corrected chi connectivity index (χ3v) is 12.5. The van der Waals surface area contributed by atoms with Gasteiger partial charge in [0, 0.05) is 19.3 Å². The molecule has 0 rings (SSSR count). The van der Waals surface area contributed by atoms with Crippen LogP contribution in [0.4, 0.5) is 0 Å². The number of carbonyl (C=O) groups is 3. The first-order chi connectivity index (χ1) is 30.5. The molecule has 366 valence electrons. The summed E-state index contributed by atoms with van der Waals surface area (Å²) < 4.78 is 16.8. The van der Waals surface area contributed by atoms with E-state index in [9.17, 15) is 14.4 Å². The van der Waals surface area contributed by atoms with Crippen LogP contribution in [-0.4, -0.2) is 37.2 Å². The second kappa shape index (κ2) is 51.8. The van der Waals surface area contributed by atoms with Crippen molar-refractivity contribution >= 4 is 17.9 Å². The van der Waals surface area contributed by atoms with Crippen LogP contribution in [-0.2, 0) is 28.6 Å². The Morgan fingerprint density at radius 1 is 0.306 bits per heavy atom. The molecule has 6 nitrogen and oxygen atoms in total. The van der Waals surface area contributed by atoms with Crippen molar-refractivity contribution in [2.45, 2.75) is 316 Å². The lowest BCUT2D eigenvalue weighted by Crippen LogP contribution is -2.30. The van der Waals surface area contributed by atoms with E-state index in [1.807, 2.05) is 0 Å². The third kappa shape index (κ3) is 49.2. The van der Waals surface area contributed by atoms with Gasteiger partial charge in [0.25, 0.3) is 0 Å². The first-order valence-corrected chi connectivity index (χ1v) is 27.7. The van der Waals surface area contributed by atoms with Crippen LogP contribution in [0.15, 0.2) is 12.2 Å². The van der Waals surface area contributed by atoms with E-state index in [1.54, 1.807) is 0 Å². The van der Waals surface area contributed by atoms with Crippen molar-refractivity contribution in [3.63, 3.8) is 0 Å². The van der Waals surface area contributed by atoms with Crippen LogP contribution in [0, 0.1) is 0 Å². The highest BCUT2D eigenvalue weighted by Crippen LogP contribution is 2.17. The standard InChI is InChI=1S/C56H106O6/c1-4-7-10-13-16-19-22-25-26-27-28-29-30-32-34-37-40-43-46-49-55(58)61-52-53(51-60-54(57)48-45-42-39-36-33-24-21-18-15-12-9-6-3)62-56(59)50-47-44-41-38-35-31-23-20-17-14-11-8-5-2/h18,21,53H,4-17,19-20,22-52H2,1-3H3/b21-18-/t53-/m1/s1. The smallest absolute Gasteiger partial charge is 0.306 e. The monoisotopic (exact) mass is 875 g/mol. The third-order valence-electron chi connectivity index (χ3n) is 12.5. The Balaban J connectivity index is 4.26. The summed E-state index contributed by atoms with van der Waals surface area (Å²) in [5, 5.41) is 0. The van der Waals surface area contributed by atoms with E-state index >= 15 is 0 Å². The summed E-state index contributed by atoms with van der Waals surface area (Å²) >= 11 is 0. The van der Waals surface area contributed by atoms with Gasteiger partial charge < -0.3 is 14.2 Å². The van der Waals surface area contributed by atoms with E-state index in [1.165, 1.54) is 205 Å². The van der Waals surface area contributed by atoms with E-state index < -0.39 is 6.10 Å². The maximum absolute atomic E-state index is 12.8. The number of unbranched alkanes of at least 4 members (excludes halogenated alkanes) is 38. The van der Waals surface area contributed by atoms with Gasteiger partial charge in [0.1, 0.15) is 13.2 Å². The quantitative estimate of drug-likeness (QED) is 0.0262. The van der Waals surface area contributed by atoms with Crippen LogP contribution in [0.3, 0.4) is 0 Å². The molecule has 0 aromatic heterocycles. The van der Waals surface area contributed by atoms with Crippen molar-refractivity contribution in [3.05, 3.63) is 12.2 Å². The molecule has 62 heavy (non-hydrogen) atoms. The lowest BCUT2D eigenvalue weighted by atomic mass is 10.0. The second-order valence-electron chi connectivity index (χ2n) is 18.9. The Hall–Kier alpha value is -1.85. The molecule has 0 amide bonds. The van der Waals surface area contributed by atoms with Gasteiger partial charge in [0.15, 0.2) is 6.10 Å². The average Bonchev–Trinajstić information content (AvgIpc) is 3.27. The molecule has 6 heteroatoms. The van der Waals surface area contributed by atoms with E-state index in [0.717, 1.165) is 64.2 Å². The molecule has 0 saturated heterocycles. The minimum absolute atomic E-state index is 0.0668.